The van der Waals surface area contributed by atoms with Gasteiger partial charge in [-0.15, -0.1) is 0 Å². The summed E-state index contributed by atoms with van der Waals surface area (Å²) in [6.45, 7) is 9.07. The molecular formula is C31H33N5OS. The van der Waals surface area contributed by atoms with Crippen LogP contribution in [0.1, 0.15) is 52.3 Å². The quantitative estimate of drug-likeness (QED) is 0.286. The molecule has 0 bridgehead atoms. The number of rotatable bonds is 7. The van der Waals surface area contributed by atoms with E-state index in [4.69, 9.17) is 12.2 Å². The number of amides is 1. The molecule has 4 aromatic rings. The highest BCUT2D eigenvalue weighted by molar-refractivity contribution is 7.80. The molecular weight excluding hydrogens is 490 g/mol. The molecule has 2 aromatic heterocycles. The van der Waals surface area contributed by atoms with Gasteiger partial charge in [-0.3, -0.25) is 9.78 Å². The molecule has 2 aromatic carbocycles. The maximum atomic E-state index is 12.8. The summed E-state index contributed by atoms with van der Waals surface area (Å²) in [5.74, 6) is -0.0418. The highest BCUT2D eigenvalue weighted by atomic mass is 32.1. The van der Waals surface area contributed by atoms with Gasteiger partial charge in [0.2, 0.25) is 5.91 Å². The lowest BCUT2D eigenvalue weighted by atomic mass is 9.96. The summed E-state index contributed by atoms with van der Waals surface area (Å²) in [4.78, 5) is 19.6. The number of nitrogens with one attached hydrogen (secondary N) is 2. The number of para-hydroxylation sites is 1. The summed E-state index contributed by atoms with van der Waals surface area (Å²) in [5.41, 5.74) is 8.84. The van der Waals surface area contributed by atoms with E-state index in [1.807, 2.05) is 54.7 Å². The molecule has 7 heteroatoms. The second-order valence-electron chi connectivity index (χ2n) is 9.94. The van der Waals surface area contributed by atoms with E-state index in [1.54, 1.807) is 0 Å². The molecule has 0 saturated carbocycles. The van der Waals surface area contributed by atoms with Gasteiger partial charge < -0.3 is 20.1 Å². The summed E-state index contributed by atoms with van der Waals surface area (Å²) < 4.78 is 2.33. The molecule has 1 fully saturated rings. The van der Waals surface area contributed by atoms with Crippen LogP contribution >= 0.6 is 12.2 Å². The zero-order valence-electron chi connectivity index (χ0n) is 22.2. The average molecular weight is 524 g/mol. The van der Waals surface area contributed by atoms with Crippen LogP contribution < -0.4 is 10.6 Å². The fourth-order valence-electron chi connectivity index (χ4n) is 5.37. The maximum absolute atomic E-state index is 12.8. The molecule has 1 saturated heterocycles. The van der Waals surface area contributed by atoms with Gasteiger partial charge in [0.05, 0.1) is 17.8 Å². The van der Waals surface area contributed by atoms with Crippen molar-refractivity contribution in [3.8, 4) is 5.69 Å². The SMILES string of the molecule is Cc1ccc(C)c(-n2c(C)cc([C@@H]3[C@H](c4ccccn4)NC(=S)N3CCC(=O)Nc3ccccc3)c2C)c1. The average Bonchev–Trinajstić information content (AvgIpc) is 3.39. The van der Waals surface area contributed by atoms with Gasteiger partial charge in [-0.1, -0.05) is 36.4 Å². The summed E-state index contributed by atoms with van der Waals surface area (Å²) in [7, 11) is 0. The van der Waals surface area contributed by atoms with Crippen LogP contribution in [0.4, 0.5) is 5.69 Å². The number of benzene rings is 2. The van der Waals surface area contributed by atoms with Gasteiger partial charge in [-0.05, 0) is 93.0 Å². The van der Waals surface area contributed by atoms with Gasteiger partial charge in [-0.2, -0.15) is 0 Å². The highest BCUT2D eigenvalue weighted by Crippen LogP contribution is 2.41. The summed E-state index contributed by atoms with van der Waals surface area (Å²) >= 11 is 5.84. The van der Waals surface area contributed by atoms with Gasteiger partial charge >= 0.3 is 0 Å². The molecule has 0 spiro atoms. The Hall–Kier alpha value is -3.97. The lowest BCUT2D eigenvalue weighted by Gasteiger charge is -2.28. The monoisotopic (exact) mass is 523 g/mol. The molecule has 3 heterocycles. The van der Waals surface area contributed by atoms with E-state index >= 15 is 0 Å². The van der Waals surface area contributed by atoms with Crippen molar-refractivity contribution in [3.63, 3.8) is 0 Å². The number of aromatic nitrogens is 2. The number of hydrogen-bond acceptors (Lipinski definition) is 3. The van der Waals surface area contributed by atoms with Crippen molar-refractivity contribution in [2.45, 2.75) is 46.2 Å². The summed E-state index contributed by atoms with van der Waals surface area (Å²) in [6.07, 6.45) is 2.13. The Kier molecular flexibility index (Phi) is 7.29. The minimum absolute atomic E-state index is 0.0418. The molecule has 0 unspecified atom stereocenters. The second kappa shape index (κ2) is 10.8. The van der Waals surface area contributed by atoms with E-state index in [9.17, 15) is 4.79 Å². The standard InChI is InChI=1S/C31H33N5OS/c1-20-13-14-21(2)27(18-20)36-22(3)19-25(23(36)4)30-29(26-12-8-9-16-32-26)34-31(38)35(30)17-15-28(37)33-24-10-6-5-7-11-24/h5-14,16,18-19,29-30H,15,17H2,1-4H3,(H,33,37)(H,34,38)/t29-,30+/m0/s1. The first-order chi connectivity index (χ1) is 18.3. The molecule has 1 aliphatic rings. The minimum atomic E-state index is -0.131. The number of anilines is 1. The Balaban J connectivity index is 1.50. The molecule has 194 valence electrons. The number of hydrogen-bond donors (Lipinski definition) is 2. The van der Waals surface area contributed by atoms with Gasteiger partial charge in [0.1, 0.15) is 0 Å². The van der Waals surface area contributed by atoms with E-state index in [1.165, 1.54) is 22.4 Å². The zero-order chi connectivity index (χ0) is 26.8. The van der Waals surface area contributed by atoms with Crippen molar-refractivity contribution in [2.75, 3.05) is 11.9 Å². The molecule has 2 N–H and O–H groups in total. The number of aryl methyl sites for hydroxylation is 3. The van der Waals surface area contributed by atoms with E-state index in [0.717, 1.165) is 22.8 Å². The smallest absolute Gasteiger partial charge is 0.226 e. The predicted molar refractivity (Wildman–Crippen MR) is 157 cm³/mol. The number of nitrogens with zero attached hydrogens (tertiary/aromatic N) is 3. The van der Waals surface area contributed by atoms with E-state index < -0.39 is 0 Å². The lowest BCUT2D eigenvalue weighted by molar-refractivity contribution is -0.116. The first kappa shape index (κ1) is 25.7. The summed E-state index contributed by atoms with van der Waals surface area (Å²) in [6, 6.07) is 24.1. The number of carbonyl (C=O) groups excluding carboxylic acids is 1. The third-order valence-electron chi connectivity index (χ3n) is 7.23. The first-order valence-corrected chi connectivity index (χ1v) is 13.3. The van der Waals surface area contributed by atoms with Gasteiger partial charge in [-0.25, -0.2) is 0 Å². The van der Waals surface area contributed by atoms with Crippen molar-refractivity contribution < 1.29 is 4.79 Å². The Labute approximate surface area is 229 Å². The molecule has 2 atom stereocenters. The maximum Gasteiger partial charge on any atom is 0.226 e. The van der Waals surface area contributed by atoms with Crippen molar-refractivity contribution in [1.82, 2.24) is 19.8 Å². The second-order valence-corrected chi connectivity index (χ2v) is 10.3. The zero-order valence-corrected chi connectivity index (χ0v) is 23.0. The number of carbonyl (C=O) groups is 1. The van der Waals surface area contributed by atoms with Crippen LogP contribution in [0.2, 0.25) is 0 Å². The van der Waals surface area contributed by atoms with Crippen molar-refractivity contribution in [2.24, 2.45) is 0 Å². The topological polar surface area (TPSA) is 62.2 Å². The van der Waals surface area contributed by atoms with Crippen LogP contribution in [0.25, 0.3) is 5.69 Å². The number of thiocarbonyl (C=S) groups is 1. The Morgan fingerprint density at radius 3 is 2.50 bits per heavy atom. The third-order valence-corrected chi connectivity index (χ3v) is 7.58. The van der Waals surface area contributed by atoms with Crippen molar-refractivity contribution >= 4 is 28.9 Å². The molecule has 1 amide bonds. The molecule has 0 aliphatic carbocycles. The van der Waals surface area contributed by atoms with Gasteiger partial charge in [0.15, 0.2) is 5.11 Å². The first-order valence-electron chi connectivity index (χ1n) is 12.9. The van der Waals surface area contributed by atoms with Crippen LogP contribution in [-0.2, 0) is 4.79 Å². The van der Waals surface area contributed by atoms with Crippen LogP contribution in [0.15, 0.2) is 79.0 Å². The Morgan fingerprint density at radius 1 is 1.00 bits per heavy atom. The summed E-state index contributed by atoms with van der Waals surface area (Å²) in [5, 5.41) is 7.14. The van der Waals surface area contributed by atoms with Gasteiger partial charge in [0.25, 0.3) is 0 Å². The van der Waals surface area contributed by atoms with Crippen LogP contribution in [-0.4, -0.2) is 32.0 Å². The lowest BCUT2D eigenvalue weighted by Crippen LogP contribution is -2.32. The van der Waals surface area contributed by atoms with E-state index in [2.05, 4.69) is 77.0 Å². The normalized spacial score (nSPS) is 16.9. The van der Waals surface area contributed by atoms with E-state index in [-0.39, 0.29) is 18.0 Å². The Morgan fingerprint density at radius 2 is 1.76 bits per heavy atom. The third kappa shape index (κ3) is 5.07. The molecule has 0 radical (unpaired) electrons. The predicted octanol–water partition coefficient (Wildman–Crippen LogP) is 6.11. The minimum Gasteiger partial charge on any atom is -0.352 e. The number of pyridine rings is 1. The van der Waals surface area contributed by atoms with Gasteiger partial charge in [0, 0.05) is 41.9 Å². The highest BCUT2D eigenvalue weighted by Gasteiger charge is 2.41. The molecule has 38 heavy (non-hydrogen) atoms. The fourth-order valence-corrected chi connectivity index (χ4v) is 5.70. The van der Waals surface area contributed by atoms with Crippen LogP contribution in [0.5, 0.6) is 0 Å². The Bertz CT molecular complexity index is 1460. The van der Waals surface area contributed by atoms with Crippen LogP contribution in [0, 0.1) is 27.7 Å². The molecule has 5 rings (SSSR count). The largest absolute Gasteiger partial charge is 0.352 e. The fraction of sp³-hybridized carbons (Fsp3) is 0.258. The van der Waals surface area contributed by atoms with Crippen molar-refractivity contribution in [3.05, 3.63) is 113 Å². The van der Waals surface area contributed by atoms with Crippen molar-refractivity contribution in [1.29, 1.82) is 0 Å². The molecule has 6 nitrogen and oxygen atoms in total. The van der Waals surface area contributed by atoms with E-state index in [0.29, 0.717) is 18.1 Å². The van der Waals surface area contributed by atoms with Crippen LogP contribution in [0.3, 0.4) is 0 Å². The molecule has 1 aliphatic heterocycles.